The smallest absolute Gasteiger partial charge is 0.306 e. The van der Waals surface area contributed by atoms with E-state index < -0.39 is 0 Å². The maximum Gasteiger partial charge on any atom is 0.306 e. The highest BCUT2D eigenvalue weighted by Gasteiger charge is 2.27. The summed E-state index contributed by atoms with van der Waals surface area (Å²) in [4.78, 5) is 16.4. The van der Waals surface area contributed by atoms with Gasteiger partial charge in [-0.1, -0.05) is 18.2 Å². The number of hydrogen-bond acceptors (Lipinski definition) is 6. The highest BCUT2D eigenvalue weighted by atomic mass is 16.5. The van der Waals surface area contributed by atoms with Crippen LogP contribution in [-0.2, 0) is 16.1 Å². The van der Waals surface area contributed by atoms with Crippen LogP contribution >= 0.6 is 0 Å². The maximum absolute atomic E-state index is 11.7. The topological polar surface area (TPSA) is 74.6 Å². The first-order valence-corrected chi connectivity index (χ1v) is 11.7. The van der Waals surface area contributed by atoms with Gasteiger partial charge in [-0.25, -0.2) is 4.98 Å². The average Bonchev–Trinajstić information content (AvgIpc) is 3.42. The van der Waals surface area contributed by atoms with Gasteiger partial charge in [0.05, 0.1) is 44.0 Å². The van der Waals surface area contributed by atoms with E-state index in [0.717, 1.165) is 45.3 Å². The van der Waals surface area contributed by atoms with Crippen molar-refractivity contribution in [3.05, 3.63) is 77.1 Å². The van der Waals surface area contributed by atoms with Gasteiger partial charge in [-0.2, -0.15) is 0 Å². The number of ether oxygens (including phenoxy) is 3. The maximum atomic E-state index is 11.7. The summed E-state index contributed by atoms with van der Waals surface area (Å²) in [5, 5.41) is 3.52. The summed E-state index contributed by atoms with van der Waals surface area (Å²) >= 11 is 0. The van der Waals surface area contributed by atoms with Crippen LogP contribution in [0.15, 0.2) is 54.6 Å². The number of imidazole rings is 1. The zero-order valence-electron chi connectivity index (χ0n) is 20.4. The van der Waals surface area contributed by atoms with Gasteiger partial charge in [0, 0.05) is 35.8 Å². The van der Waals surface area contributed by atoms with Crippen LogP contribution in [0, 0.1) is 13.8 Å². The van der Waals surface area contributed by atoms with Crippen molar-refractivity contribution in [3.63, 3.8) is 0 Å². The summed E-state index contributed by atoms with van der Waals surface area (Å²) in [6.07, 6.45) is 0.330. The Morgan fingerprint density at radius 2 is 2.00 bits per heavy atom. The second kappa shape index (κ2) is 9.33. The van der Waals surface area contributed by atoms with E-state index in [1.807, 2.05) is 43.3 Å². The van der Waals surface area contributed by atoms with Crippen LogP contribution in [0.1, 0.15) is 34.9 Å². The van der Waals surface area contributed by atoms with Crippen molar-refractivity contribution < 1.29 is 19.0 Å². The third-order valence-electron chi connectivity index (χ3n) is 6.70. The number of fused-ring (bicyclic) bond motifs is 2. The number of esters is 1. The Labute approximate surface area is 204 Å². The fraction of sp³-hybridized carbons (Fsp3) is 0.286. The van der Waals surface area contributed by atoms with E-state index in [1.54, 1.807) is 7.11 Å². The summed E-state index contributed by atoms with van der Waals surface area (Å²) in [6.45, 7) is 5.33. The van der Waals surface area contributed by atoms with Gasteiger partial charge < -0.3 is 19.5 Å². The molecule has 3 aromatic carbocycles. The van der Waals surface area contributed by atoms with Gasteiger partial charge in [-0.3, -0.25) is 9.36 Å². The first-order valence-electron chi connectivity index (χ1n) is 11.7. The van der Waals surface area contributed by atoms with Crippen molar-refractivity contribution in [2.45, 2.75) is 32.7 Å². The Balaban J connectivity index is 1.38. The van der Waals surface area contributed by atoms with Gasteiger partial charge >= 0.3 is 5.97 Å². The van der Waals surface area contributed by atoms with E-state index in [9.17, 15) is 4.79 Å². The average molecular weight is 472 g/mol. The van der Waals surface area contributed by atoms with Crippen LogP contribution < -0.4 is 14.8 Å². The molecule has 1 atom stereocenters. The summed E-state index contributed by atoms with van der Waals surface area (Å²) in [5.74, 6) is 2.38. The molecule has 0 fully saturated rings. The summed E-state index contributed by atoms with van der Waals surface area (Å²) in [5.41, 5.74) is 7.46. The molecule has 4 aromatic rings. The van der Waals surface area contributed by atoms with Crippen molar-refractivity contribution in [2.24, 2.45) is 0 Å². The number of hydrogen-bond donors (Lipinski definition) is 1. The molecule has 0 spiro atoms. The second-order valence-electron chi connectivity index (χ2n) is 8.80. The van der Waals surface area contributed by atoms with Gasteiger partial charge in [0.25, 0.3) is 0 Å². The number of anilines is 1. The predicted molar refractivity (Wildman–Crippen MR) is 136 cm³/mol. The minimum atomic E-state index is -0.219. The van der Waals surface area contributed by atoms with Crippen molar-refractivity contribution in [3.8, 4) is 17.2 Å². The van der Waals surface area contributed by atoms with Gasteiger partial charge in [0.2, 0.25) is 0 Å². The second-order valence-corrected chi connectivity index (χ2v) is 8.80. The van der Waals surface area contributed by atoms with E-state index in [1.165, 1.54) is 18.2 Å². The number of nitrogens with one attached hydrogen (secondary N) is 1. The van der Waals surface area contributed by atoms with E-state index in [0.29, 0.717) is 19.6 Å². The number of aryl methyl sites for hydroxylation is 1. The molecule has 35 heavy (non-hydrogen) atoms. The number of rotatable bonds is 7. The Bertz CT molecular complexity index is 1410. The number of carbonyl (C=O) groups excluding carboxylic acids is 1. The Hall–Kier alpha value is -4.00. The number of benzene rings is 3. The zero-order chi connectivity index (χ0) is 24.5. The molecule has 0 bridgehead atoms. The molecule has 0 saturated heterocycles. The van der Waals surface area contributed by atoms with Gasteiger partial charge in [0.15, 0.2) is 0 Å². The van der Waals surface area contributed by atoms with Crippen molar-refractivity contribution >= 4 is 22.7 Å². The molecule has 5 rings (SSSR count). The fourth-order valence-corrected chi connectivity index (χ4v) is 4.75. The van der Waals surface area contributed by atoms with Crippen LogP contribution in [0.25, 0.3) is 16.7 Å². The molecule has 0 amide bonds. The number of nitrogens with zero attached hydrogens (tertiary/aromatic N) is 2. The van der Waals surface area contributed by atoms with E-state index in [2.05, 4.69) is 35.0 Å². The molecular weight excluding hydrogens is 442 g/mol. The van der Waals surface area contributed by atoms with Crippen LogP contribution in [0.5, 0.6) is 11.5 Å². The van der Waals surface area contributed by atoms with Crippen molar-refractivity contribution in [1.29, 1.82) is 0 Å². The minimum Gasteiger partial charge on any atom is -0.497 e. The molecule has 1 aliphatic heterocycles. The van der Waals surface area contributed by atoms with E-state index in [-0.39, 0.29) is 11.9 Å². The number of aromatic nitrogens is 2. The molecule has 7 heteroatoms. The Morgan fingerprint density at radius 3 is 2.80 bits per heavy atom. The molecule has 2 heterocycles. The third-order valence-corrected chi connectivity index (χ3v) is 6.70. The molecule has 1 aliphatic rings. The first-order chi connectivity index (χ1) is 17.0. The highest BCUT2D eigenvalue weighted by molar-refractivity contribution is 5.80. The molecule has 7 nitrogen and oxygen atoms in total. The highest BCUT2D eigenvalue weighted by Crippen LogP contribution is 2.38. The van der Waals surface area contributed by atoms with Crippen LogP contribution in [0.4, 0.5) is 5.69 Å². The molecular formula is C28H29N3O4. The van der Waals surface area contributed by atoms with Crippen LogP contribution in [-0.4, -0.2) is 36.3 Å². The van der Waals surface area contributed by atoms with E-state index >= 15 is 0 Å². The molecule has 0 radical (unpaired) electrons. The summed E-state index contributed by atoms with van der Waals surface area (Å²) in [7, 11) is 3.09. The SMILES string of the molecule is COC(=O)C[C@@H]1COc2cc(NCc3cccc(-n4c(C)nc5ccc(OC)cc54)c3C)ccc21. The minimum absolute atomic E-state index is 0.0392. The van der Waals surface area contributed by atoms with E-state index in [4.69, 9.17) is 19.2 Å². The van der Waals surface area contributed by atoms with Crippen molar-refractivity contribution in [1.82, 2.24) is 9.55 Å². The standard InChI is InChI=1S/C28H29N3O4/c1-17-19(15-29-21-8-10-23-20(12-28(32)34-4)16-35-27(23)13-21)6-5-7-25(17)31-18(2)30-24-11-9-22(33-3)14-26(24)31/h5-11,13-14,20,29H,12,15-16H2,1-4H3/t20-/m1/s1. The predicted octanol–water partition coefficient (Wildman–Crippen LogP) is 5.30. The molecule has 1 N–H and O–H groups in total. The quantitative estimate of drug-likeness (QED) is 0.369. The number of methoxy groups -OCH3 is 2. The fourth-order valence-electron chi connectivity index (χ4n) is 4.75. The summed E-state index contributed by atoms with van der Waals surface area (Å²) < 4.78 is 18.3. The molecule has 1 aromatic heterocycles. The lowest BCUT2D eigenvalue weighted by Gasteiger charge is -2.16. The Kier molecular flexibility index (Phi) is 6.07. The van der Waals surface area contributed by atoms with Gasteiger partial charge in [-0.15, -0.1) is 0 Å². The molecule has 180 valence electrons. The molecule has 0 saturated carbocycles. The largest absolute Gasteiger partial charge is 0.497 e. The normalized spacial score (nSPS) is 14.5. The van der Waals surface area contributed by atoms with Crippen molar-refractivity contribution in [2.75, 3.05) is 26.1 Å². The van der Waals surface area contributed by atoms with Gasteiger partial charge in [-0.05, 0) is 49.2 Å². The lowest BCUT2D eigenvalue weighted by Crippen LogP contribution is -2.09. The monoisotopic (exact) mass is 471 g/mol. The van der Waals surface area contributed by atoms with Crippen LogP contribution in [0.3, 0.4) is 0 Å². The molecule has 0 aliphatic carbocycles. The summed E-state index contributed by atoms with van der Waals surface area (Å²) in [6, 6.07) is 18.4. The van der Waals surface area contributed by atoms with Crippen LogP contribution in [0.2, 0.25) is 0 Å². The Morgan fingerprint density at radius 1 is 1.14 bits per heavy atom. The lowest BCUT2D eigenvalue weighted by molar-refractivity contribution is -0.141. The third kappa shape index (κ3) is 4.30. The number of carbonyl (C=O) groups is 1. The zero-order valence-corrected chi connectivity index (χ0v) is 20.4. The molecule has 0 unspecified atom stereocenters. The van der Waals surface area contributed by atoms with Gasteiger partial charge in [0.1, 0.15) is 17.3 Å². The first kappa shape index (κ1) is 22.8. The lowest BCUT2D eigenvalue weighted by atomic mass is 9.97.